The summed E-state index contributed by atoms with van der Waals surface area (Å²) in [6.07, 6.45) is 3.75. The molecule has 0 aromatic carbocycles. The Morgan fingerprint density at radius 3 is 3.00 bits per heavy atom. The van der Waals surface area contributed by atoms with Gasteiger partial charge in [0.25, 0.3) is 0 Å². The molecule has 2 heteroatoms. The highest BCUT2D eigenvalue weighted by Crippen LogP contribution is 2.31. The van der Waals surface area contributed by atoms with Crippen LogP contribution in [0.2, 0.25) is 0 Å². The minimum atomic E-state index is 0.647. The highest BCUT2D eigenvalue weighted by molar-refractivity contribution is 5.19. The average Bonchev–Trinajstić information content (AvgIpc) is 2.69. The molecule has 1 aromatic rings. The summed E-state index contributed by atoms with van der Waals surface area (Å²) in [6.45, 7) is 1.19. The van der Waals surface area contributed by atoms with Crippen molar-refractivity contribution < 1.29 is 0 Å². The molecule has 0 amide bonds. The quantitative estimate of drug-likeness (QED) is 0.534. The topological polar surface area (TPSA) is 15.9 Å². The minimum Gasteiger partial charge on any atom is -0.296 e. The van der Waals surface area contributed by atoms with Gasteiger partial charge in [0.05, 0.1) is 0 Å². The van der Waals surface area contributed by atoms with Gasteiger partial charge >= 0.3 is 0 Å². The fourth-order valence-corrected chi connectivity index (χ4v) is 1.16. The van der Waals surface area contributed by atoms with E-state index < -0.39 is 0 Å². The number of nitrogens with zero attached hydrogens (tertiary/aromatic N) is 2. The Labute approximate surface area is 60.5 Å². The molecule has 2 nitrogen and oxygen atoms in total. The van der Waals surface area contributed by atoms with Gasteiger partial charge in [0.2, 0.25) is 0 Å². The lowest BCUT2D eigenvalue weighted by atomic mass is 10.2. The molecule has 0 aliphatic carbocycles. The average molecular weight is 134 g/mol. The van der Waals surface area contributed by atoms with Gasteiger partial charge in [-0.05, 0) is 18.7 Å². The van der Waals surface area contributed by atoms with Gasteiger partial charge in [0, 0.05) is 25.0 Å². The molecule has 1 saturated heterocycles. The predicted molar refractivity (Wildman–Crippen MR) is 39.6 cm³/mol. The van der Waals surface area contributed by atoms with Crippen molar-refractivity contribution in [2.45, 2.75) is 6.04 Å². The van der Waals surface area contributed by atoms with Crippen molar-refractivity contribution >= 4 is 0 Å². The number of rotatable bonds is 1. The fourth-order valence-electron chi connectivity index (χ4n) is 1.16. The summed E-state index contributed by atoms with van der Waals surface area (Å²) in [6, 6.07) is 4.76. The molecule has 0 N–H and O–H groups in total. The first kappa shape index (κ1) is 5.86. The summed E-state index contributed by atoms with van der Waals surface area (Å²) in [5.74, 6) is 0. The van der Waals surface area contributed by atoms with E-state index >= 15 is 0 Å². The highest BCUT2D eigenvalue weighted by Gasteiger charge is 2.30. The van der Waals surface area contributed by atoms with Crippen LogP contribution in [0.3, 0.4) is 0 Å². The summed E-state index contributed by atoms with van der Waals surface area (Å²) < 4.78 is 0. The van der Waals surface area contributed by atoms with Crippen LogP contribution in [0.15, 0.2) is 24.5 Å². The monoisotopic (exact) mass is 134 g/mol. The number of hydrogen-bond acceptors (Lipinski definition) is 2. The van der Waals surface area contributed by atoms with Gasteiger partial charge in [-0.2, -0.15) is 0 Å². The van der Waals surface area contributed by atoms with E-state index in [1.165, 1.54) is 12.1 Å². The standard InChI is InChI=1S/C8H10N2/c1-10-6-8(10)7-3-2-4-9-5-7/h2-5,8H,6H2,1H3. The zero-order valence-electron chi connectivity index (χ0n) is 5.99. The molecule has 1 aromatic heterocycles. The van der Waals surface area contributed by atoms with Gasteiger partial charge in [0.1, 0.15) is 0 Å². The normalized spacial score (nSPS) is 30.1. The van der Waals surface area contributed by atoms with Crippen LogP contribution in [0.4, 0.5) is 0 Å². The van der Waals surface area contributed by atoms with Crippen molar-refractivity contribution in [2.75, 3.05) is 13.6 Å². The Hall–Kier alpha value is -0.890. The fraction of sp³-hybridized carbons (Fsp3) is 0.375. The van der Waals surface area contributed by atoms with Crippen LogP contribution in [-0.2, 0) is 0 Å². The Bertz CT molecular complexity index is 220. The molecule has 0 saturated carbocycles. The van der Waals surface area contributed by atoms with E-state index in [0.717, 1.165) is 0 Å². The number of aromatic nitrogens is 1. The second kappa shape index (κ2) is 2.06. The molecule has 1 aliphatic heterocycles. The zero-order chi connectivity index (χ0) is 6.97. The van der Waals surface area contributed by atoms with Crippen LogP contribution in [0, 0.1) is 0 Å². The summed E-state index contributed by atoms with van der Waals surface area (Å²) >= 11 is 0. The largest absolute Gasteiger partial charge is 0.296 e. The van der Waals surface area contributed by atoms with Crippen LogP contribution in [0.1, 0.15) is 11.6 Å². The van der Waals surface area contributed by atoms with Crippen LogP contribution in [0.5, 0.6) is 0 Å². The van der Waals surface area contributed by atoms with Gasteiger partial charge in [-0.1, -0.05) is 6.07 Å². The number of hydrogen-bond donors (Lipinski definition) is 0. The van der Waals surface area contributed by atoms with Gasteiger partial charge in [0.15, 0.2) is 0 Å². The van der Waals surface area contributed by atoms with Crippen molar-refractivity contribution in [3.63, 3.8) is 0 Å². The van der Waals surface area contributed by atoms with Crippen LogP contribution < -0.4 is 0 Å². The maximum atomic E-state index is 4.05. The smallest absolute Gasteiger partial charge is 0.0488 e. The summed E-state index contributed by atoms with van der Waals surface area (Å²) in [5, 5.41) is 0. The first-order valence-electron chi connectivity index (χ1n) is 3.48. The Morgan fingerprint density at radius 1 is 1.70 bits per heavy atom. The third-order valence-corrected chi connectivity index (χ3v) is 1.93. The maximum absolute atomic E-state index is 4.05. The molecular formula is C8H10N2. The van der Waals surface area contributed by atoms with Gasteiger partial charge in [-0.25, -0.2) is 0 Å². The molecule has 2 unspecified atom stereocenters. The first-order chi connectivity index (χ1) is 4.88. The lowest BCUT2D eigenvalue weighted by Gasteiger charge is -1.94. The first-order valence-corrected chi connectivity index (χ1v) is 3.48. The van der Waals surface area contributed by atoms with Crippen LogP contribution in [-0.4, -0.2) is 23.5 Å². The Kier molecular flexibility index (Phi) is 1.21. The number of pyridine rings is 1. The molecule has 2 rings (SSSR count). The third-order valence-electron chi connectivity index (χ3n) is 1.93. The molecule has 10 heavy (non-hydrogen) atoms. The van der Waals surface area contributed by atoms with Crippen molar-refractivity contribution in [2.24, 2.45) is 0 Å². The molecule has 0 spiro atoms. The molecule has 0 radical (unpaired) electrons. The number of likely N-dealkylation sites (N-methyl/N-ethyl adjacent to an activating group) is 1. The van der Waals surface area contributed by atoms with E-state index in [1.54, 1.807) is 0 Å². The van der Waals surface area contributed by atoms with E-state index in [-0.39, 0.29) is 0 Å². The molecule has 1 aliphatic rings. The van der Waals surface area contributed by atoms with E-state index in [1.807, 2.05) is 18.5 Å². The molecular weight excluding hydrogens is 124 g/mol. The van der Waals surface area contributed by atoms with E-state index in [9.17, 15) is 0 Å². The zero-order valence-corrected chi connectivity index (χ0v) is 5.99. The molecule has 2 heterocycles. The molecule has 2 atom stereocenters. The lowest BCUT2D eigenvalue weighted by molar-refractivity contribution is 0.630. The molecule has 52 valence electrons. The summed E-state index contributed by atoms with van der Waals surface area (Å²) in [4.78, 5) is 6.34. The second-order valence-electron chi connectivity index (χ2n) is 2.74. The highest BCUT2D eigenvalue weighted by atomic mass is 15.3. The second-order valence-corrected chi connectivity index (χ2v) is 2.74. The maximum Gasteiger partial charge on any atom is 0.0488 e. The Balaban J connectivity index is 2.20. The van der Waals surface area contributed by atoms with Crippen LogP contribution in [0.25, 0.3) is 0 Å². The predicted octanol–water partition coefficient (Wildman–Crippen LogP) is 1.07. The van der Waals surface area contributed by atoms with Crippen LogP contribution >= 0.6 is 0 Å². The van der Waals surface area contributed by atoms with E-state index in [2.05, 4.69) is 23.0 Å². The molecule has 1 fully saturated rings. The van der Waals surface area contributed by atoms with E-state index in [0.29, 0.717) is 6.04 Å². The Morgan fingerprint density at radius 2 is 2.50 bits per heavy atom. The van der Waals surface area contributed by atoms with Gasteiger partial charge in [-0.3, -0.25) is 9.88 Å². The van der Waals surface area contributed by atoms with Crippen molar-refractivity contribution in [3.05, 3.63) is 30.1 Å². The lowest BCUT2D eigenvalue weighted by Crippen LogP contribution is -1.87. The summed E-state index contributed by atoms with van der Waals surface area (Å²) in [5.41, 5.74) is 1.34. The van der Waals surface area contributed by atoms with Crippen molar-refractivity contribution in [1.29, 1.82) is 0 Å². The minimum absolute atomic E-state index is 0.647. The third kappa shape index (κ3) is 0.907. The summed E-state index contributed by atoms with van der Waals surface area (Å²) in [7, 11) is 2.12. The van der Waals surface area contributed by atoms with Crippen molar-refractivity contribution in [1.82, 2.24) is 9.88 Å². The molecule has 0 bridgehead atoms. The van der Waals surface area contributed by atoms with Crippen molar-refractivity contribution in [3.8, 4) is 0 Å². The van der Waals surface area contributed by atoms with Gasteiger partial charge in [-0.15, -0.1) is 0 Å². The van der Waals surface area contributed by atoms with E-state index in [4.69, 9.17) is 0 Å². The SMILES string of the molecule is CN1CC1c1cccnc1. The van der Waals surface area contributed by atoms with Gasteiger partial charge < -0.3 is 0 Å².